The van der Waals surface area contributed by atoms with E-state index in [1.807, 2.05) is 0 Å². The molecule has 0 saturated carbocycles. The van der Waals surface area contributed by atoms with Crippen molar-refractivity contribution < 1.29 is 13.0 Å². The Hall–Kier alpha value is -1.56. The SMILES string of the molecule is CS(=O)(=O)O.N#CCCc1ccc(CCSC(=N)N)cc1. The monoisotopic (exact) mass is 329 g/mol. The van der Waals surface area contributed by atoms with E-state index in [9.17, 15) is 8.42 Å². The maximum Gasteiger partial charge on any atom is 0.261 e. The van der Waals surface area contributed by atoms with Crippen molar-refractivity contribution in [3.05, 3.63) is 35.4 Å². The van der Waals surface area contributed by atoms with Gasteiger partial charge in [-0.2, -0.15) is 13.7 Å². The average Bonchev–Trinajstić information content (AvgIpc) is 2.35. The van der Waals surface area contributed by atoms with Crippen molar-refractivity contribution in [3.63, 3.8) is 0 Å². The van der Waals surface area contributed by atoms with Crippen molar-refractivity contribution in [2.45, 2.75) is 19.3 Å². The fraction of sp³-hybridized carbons (Fsp3) is 0.385. The minimum atomic E-state index is -3.67. The van der Waals surface area contributed by atoms with E-state index in [2.05, 4.69) is 30.3 Å². The van der Waals surface area contributed by atoms with E-state index < -0.39 is 10.1 Å². The predicted molar refractivity (Wildman–Crippen MR) is 85.9 cm³/mol. The fourth-order valence-corrected chi connectivity index (χ4v) is 1.91. The lowest BCUT2D eigenvalue weighted by Crippen LogP contribution is -2.05. The van der Waals surface area contributed by atoms with Gasteiger partial charge in [0.2, 0.25) is 0 Å². The van der Waals surface area contributed by atoms with E-state index in [0.717, 1.165) is 18.6 Å². The van der Waals surface area contributed by atoms with Crippen LogP contribution in [0.4, 0.5) is 0 Å². The number of nitrogens with zero attached hydrogens (tertiary/aromatic N) is 1. The molecule has 21 heavy (non-hydrogen) atoms. The van der Waals surface area contributed by atoms with E-state index in [1.165, 1.54) is 22.9 Å². The van der Waals surface area contributed by atoms with Gasteiger partial charge in [-0.1, -0.05) is 36.0 Å². The first kappa shape index (κ1) is 19.4. The number of nitrogens with one attached hydrogen (secondary N) is 1. The molecule has 0 saturated heterocycles. The zero-order valence-corrected chi connectivity index (χ0v) is 13.4. The predicted octanol–water partition coefficient (Wildman–Crippen LogP) is 1.82. The Morgan fingerprint density at radius 3 is 2.14 bits per heavy atom. The third-order valence-corrected chi connectivity index (χ3v) is 2.92. The molecule has 1 aromatic rings. The molecule has 0 aliphatic carbocycles. The number of nitrogens with two attached hydrogens (primary N) is 1. The van der Waals surface area contributed by atoms with Gasteiger partial charge in [0.15, 0.2) is 5.17 Å². The Labute approximate surface area is 129 Å². The molecule has 0 atom stereocenters. The number of benzene rings is 1. The highest BCUT2D eigenvalue weighted by Gasteiger charge is 1.96. The third kappa shape index (κ3) is 14.7. The topological polar surface area (TPSA) is 128 Å². The van der Waals surface area contributed by atoms with Gasteiger partial charge in [0, 0.05) is 12.2 Å². The van der Waals surface area contributed by atoms with Crippen molar-refractivity contribution in [2.24, 2.45) is 5.73 Å². The first-order valence-corrected chi connectivity index (χ1v) is 8.90. The van der Waals surface area contributed by atoms with Gasteiger partial charge >= 0.3 is 0 Å². The van der Waals surface area contributed by atoms with E-state index in [-0.39, 0.29) is 5.17 Å². The molecular formula is C13H19N3O3S2. The van der Waals surface area contributed by atoms with Crippen LogP contribution in [0.1, 0.15) is 17.5 Å². The highest BCUT2D eigenvalue weighted by atomic mass is 32.2. The highest BCUT2D eigenvalue weighted by molar-refractivity contribution is 8.13. The maximum absolute atomic E-state index is 9.19. The highest BCUT2D eigenvalue weighted by Crippen LogP contribution is 2.09. The molecule has 0 aromatic heterocycles. The minimum Gasteiger partial charge on any atom is -0.379 e. The molecule has 116 valence electrons. The molecule has 0 spiro atoms. The molecule has 0 aliphatic heterocycles. The van der Waals surface area contributed by atoms with E-state index in [4.69, 9.17) is 21.0 Å². The largest absolute Gasteiger partial charge is 0.379 e. The molecule has 8 heteroatoms. The number of rotatable bonds is 5. The molecule has 0 bridgehead atoms. The number of nitriles is 1. The summed E-state index contributed by atoms with van der Waals surface area (Å²) in [5, 5.41) is 15.7. The lowest BCUT2D eigenvalue weighted by molar-refractivity contribution is 0.490. The van der Waals surface area contributed by atoms with Crippen LogP contribution in [0.3, 0.4) is 0 Å². The summed E-state index contributed by atoms with van der Waals surface area (Å²) in [6.45, 7) is 0. The van der Waals surface area contributed by atoms with Gasteiger partial charge in [0.05, 0.1) is 12.3 Å². The van der Waals surface area contributed by atoms with E-state index in [1.54, 1.807) is 0 Å². The zero-order valence-electron chi connectivity index (χ0n) is 11.7. The van der Waals surface area contributed by atoms with Crippen LogP contribution in [-0.4, -0.2) is 30.1 Å². The van der Waals surface area contributed by atoms with Crippen molar-refractivity contribution in [1.82, 2.24) is 0 Å². The molecule has 0 fully saturated rings. The summed E-state index contributed by atoms with van der Waals surface area (Å²) in [4.78, 5) is 0. The summed E-state index contributed by atoms with van der Waals surface area (Å²) in [6, 6.07) is 10.4. The first-order chi connectivity index (χ1) is 9.72. The summed E-state index contributed by atoms with van der Waals surface area (Å²) in [7, 11) is -3.67. The lowest BCUT2D eigenvalue weighted by atomic mass is 10.1. The van der Waals surface area contributed by atoms with Crippen LogP contribution in [0.15, 0.2) is 24.3 Å². The van der Waals surface area contributed by atoms with Crippen molar-refractivity contribution in [3.8, 4) is 6.07 Å². The number of hydrogen-bond acceptors (Lipinski definition) is 5. The molecule has 0 heterocycles. The molecular weight excluding hydrogens is 310 g/mol. The molecule has 1 aromatic carbocycles. The van der Waals surface area contributed by atoms with Gasteiger partial charge < -0.3 is 5.73 Å². The number of hydrogen-bond donors (Lipinski definition) is 3. The average molecular weight is 329 g/mol. The van der Waals surface area contributed by atoms with Gasteiger partial charge in [-0.3, -0.25) is 9.96 Å². The lowest BCUT2D eigenvalue weighted by Gasteiger charge is -2.02. The smallest absolute Gasteiger partial charge is 0.261 e. The Kier molecular flexibility index (Phi) is 9.45. The Morgan fingerprint density at radius 2 is 1.76 bits per heavy atom. The molecule has 0 radical (unpaired) electrons. The minimum absolute atomic E-state index is 0.172. The molecule has 0 amide bonds. The van der Waals surface area contributed by atoms with Crippen LogP contribution < -0.4 is 5.73 Å². The second-order valence-corrected chi connectivity index (χ2v) is 6.77. The molecule has 0 aliphatic rings. The standard InChI is InChI=1S/C12H15N3S.CH4O3S/c13-8-1-2-10-3-5-11(6-4-10)7-9-16-12(14)15;1-5(2,3)4/h3-6H,1-2,7,9H2,(H3,14,15);1H3,(H,2,3,4). The summed E-state index contributed by atoms with van der Waals surface area (Å²) < 4.78 is 25.9. The Bertz CT molecular complexity index is 570. The summed E-state index contributed by atoms with van der Waals surface area (Å²) >= 11 is 1.36. The number of thioether (sulfide) groups is 1. The van der Waals surface area contributed by atoms with Gasteiger partial charge in [-0.25, -0.2) is 0 Å². The van der Waals surface area contributed by atoms with Crippen LogP contribution in [-0.2, 0) is 23.0 Å². The normalized spacial score (nSPS) is 10.1. The number of aryl methyl sites for hydroxylation is 2. The van der Waals surface area contributed by atoms with Crippen molar-refractivity contribution in [1.29, 1.82) is 10.7 Å². The van der Waals surface area contributed by atoms with Gasteiger partial charge in [0.1, 0.15) is 0 Å². The van der Waals surface area contributed by atoms with Crippen LogP contribution in [0.5, 0.6) is 0 Å². The van der Waals surface area contributed by atoms with Crippen LogP contribution in [0.2, 0.25) is 0 Å². The Balaban J connectivity index is 0.000000690. The van der Waals surface area contributed by atoms with Crippen LogP contribution in [0.25, 0.3) is 0 Å². The van der Waals surface area contributed by atoms with E-state index >= 15 is 0 Å². The molecule has 0 unspecified atom stereocenters. The number of amidine groups is 1. The molecule has 1 rings (SSSR count). The van der Waals surface area contributed by atoms with Gasteiger partial charge in [-0.15, -0.1) is 0 Å². The molecule has 6 nitrogen and oxygen atoms in total. The fourth-order valence-electron chi connectivity index (χ4n) is 1.35. The van der Waals surface area contributed by atoms with E-state index in [0.29, 0.717) is 12.7 Å². The second kappa shape index (κ2) is 10.2. The summed E-state index contributed by atoms with van der Waals surface area (Å²) in [5.74, 6) is 0.840. The Morgan fingerprint density at radius 1 is 1.33 bits per heavy atom. The first-order valence-electron chi connectivity index (χ1n) is 6.06. The quantitative estimate of drug-likeness (QED) is 0.429. The molecule has 4 N–H and O–H groups in total. The van der Waals surface area contributed by atoms with Crippen LogP contribution >= 0.6 is 11.8 Å². The van der Waals surface area contributed by atoms with Crippen molar-refractivity contribution >= 4 is 27.0 Å². The van der Waals surface area contributed by atoms with Gasteiger partial charge in [-0.05, 0) is 24.0 Å². The summed E-state index contributed by atoms with van der Waals surface area (Å²) in [6.07, 6.45) is 3.02. The van der Waals surface area contributed by atoms with Crippen molar-refractivity contribution in [2.75, 3.05) is 12.0 Å². The zero-order chi connectivity index (χ0) is 16.3. The third-order valence-electron chi connectivity index (χ3n) is 2.20. The second-order valence-electron chi connectivity index (χ2n) is 4.17. The van der Waals surface area contributed by atoms with Crippen LogP contribution in [0, 0.1) is 16.7 Å². The van der Waals surface area contributed by atoms with Gasteiger partial charge in [0.25, 0.3) is 10.1 Å². The maximum atomic E-state index is 9.19. The summed E-state index contributed by atoms with van der Waals surface area (Å²) in [5.41, 5.74) is 7.69.